The molecular weight excluding hydrogens is 610 g/mol. The Bertz CT molecular complexity index is 1760. The molecule has 5 aromatic carbocycles. The van der Waals surface area contributed by atoms with Crippen molar-refractivity contribution in [3.8, 4) is 11.1 Å². The molecule has 1 fully saturated rings. The molecule has 5 aromatic rings. The second kappa shape index (κ2) is 16.5. The van der Waals surface area contributed by atoms with E-state index in [2.05, 4.69) is 96.2 Å². The van der Waals surface area contributed by atoms with Gasteiger partial charge >= 0.3 is 6.03 Å². The summed E-state index contributed by atoms with van der Waals surface area (Å²) in [4.78, 5) is 14.9. The van der Waals surface area contributed by atoms with Gasteiger partial charge in [0.25, 0.3) is 0 Å². The summed E-state index contributed by atoms with van der Waals surface area (Å²) in [5.41, 5.74) is 8.32. The van der Waals surface area contributed by atoms with Crippen LogP contribution in [0.5, 0.6) is 0 Å². The SMILES string of the molecule is C[C@H]1[C@@H](CN(C)Cc2ccccc2)O[C@@H](c2ccc(-c3ccccc3CNC(=O)NCc3ccccc3)cc2)O[C@H]1c1ccc(CO)cc1. The highest BCUT2D eigenvalue weighted by Crippen LogP contribution is 2.42. The summed E-state index contributed by atoms with van der Waals surface area (Å²) in [5, 5.41) is 15.5. The number of hydrogen-bond acceptors (Lipinski definition) is 5. The predicted molar refractivity (Wildman–Crippen MR) is 193 cm³/mol. The number of likely N-dealkylation sites (N-methyl/N-ethyl adjacent to an activating group) is 1. The molecule has 2 amide bonds. The number of urea groups is 1. The second-order valence-corrected chi connectivity index (χ2v) is 12.8. The molecule has 3 N–H and O–H groups in total. The predicted octanol–water partition coefficient (Wildman–Crippen LogP) is 7.77. The number of amides is 2. The zero-order valence-corrected chi connectivity index (χ0v) is 28.2. The number of carbonyl (C=O) groups is 1. The second-order valence-electron chi connectivity index (χ2n) is 12.8. The van der Waals surface area contributed by atoms with E-state index in [0.717, 1.165) is 52.0 Å². The van der Waals surface area contributed by atoms with Crippen LogP contribution in [-0.4, -0.2) is 35.7 Å². The van der Waals surface area contributed by atoms with Gasteiger partial charge in [-0.1, -0.05) is 140 Å². The maximum absolute atomic E-state index is 12.6. The van der Waals surface area contributed by atoms with Crippen molar-refractivity contribution in [2.75, 3.05) is 13.6 Å². The molecule has 1 aliphatic heterocycles. The summed E-state index contributed by atoms with van der Waals surface area (Å²) < 4.78 is 13.4. The highest BCUT2D eigenvalue weighted by Gasteiger charge is 2.38. The largest absolute Gasteiger partial charge is 0.392 e. The van der Waals surface area contributed by atoms with Crippen molar-refractivity contribution >= 4 is 6.03 Å². The van der Waals surface area contributed by atoms with Crippen molar-refractivity contribution in [3.63, 3.8) is 0 Å². The first kappa shape index (κ1) is 34.1. The lowest BCUT2D eigenvalue weighted by molar-refractivity contribution is -0.276. The van der Waals surface area contributed by atoms with Gasteiger partial charge in [-0.25, -0.2) is 4.79 Å². The normalized spacial score (nSPS) is 19.0. The average Bonchev–Trinajstić information content (AvgIpc) is 3.15. The van der Waals surface area contributed by atoms with Gasteiger partial charge in [0, 0.05) is 37.7 Å². The van der Waals surface area contributed by atoms with E-state index in [1.54, 1.807) is 0 Å². The van der Waals surface area contributed by atoms with Crippen LogP contribution >= 0.6 is 0 Å². The maximum atomic E-state index is 12.6. The molecular formula is C42H45N3O4. The number of nitrogens with zero attached hydrogens (tertiary/aromatic N) is 1. The fourth-order valence-corrected chi connectivity index (χ4v) is 6.39. The standard InChI is InChI=1S/C42H45N3O4/c1-30-39(28-45(2)27-32-13-7-4-8-14-32)48-41(49-40(30)35-19-17-33(29-46)18-20-35)36-23-21-34(22-24-36)38-16-10-9-15-37(38)26-44-42(47)43-25-31-11-5-3-6-12-31/h3-24,30,39-41,46H,25-29H2,1-2H3,(H2,43,44,47)/t30-,39+,40+,41+/m0/s1. The van der Waals surface area contributed by atoms with Crippen LogP contribution in [0.2, 0.25) is 0 Å². The summed E-state index contributed by atoms with van der Waals surface area (Å²) in [6.45, 7) is 4.65. The minimum absolute atomic E-state index is 0.00694. The molecule has 0 spiro atoms. The fourth-order valence-electron chi connectivity index (χ4n) is 6.39. The van der Waals surface area contributed by atoms with E-state index >= 15 is 0 Å². The first-order chi connectivity index (χ1) is 24.0. The number of aliphatic hydroxyl groups is 1. The van der Waals surface area contributed by atoms with Crippen molar-refractivity contribution in [1.82, 2.24) is 15.5 Å². The quantitative estimate of drug-likeness (QED) is 0.128. The number of hydrogen-bond donors (Lipinski definition) is 3. The van der Waals surface area contributed by atoms with Crippen LogP contribution < -0.4 is 10.6 Å². The van der Waals surface area contributed by atoms with Crippen molar-refractivity contribution in [3.05, 3.63) is 167 Å². The number of nitrogens with one attached hydrogen (secondary N) is 2. The Morgan fingerprint density at radius 1 is 0.694 bits per heavy atom. The Labute approximate surface area is 289 Å². The molecule has 0 aliphatic carbocycles. The molecule has 0 unspecified atom stereocenters. The minimum Gasteiger partial charge on any atom is -0.392 e. The van der Waals surface area contributed by atoms with Gasteiger partial charge < -0.3 is 25.2 Å². The van der Waals surface area contributed by atoms with Crippen LogP contribution in [0.1, 0.15) is 52.7 Å². The van der Waals surface area contributed by atoms with Crippen LogP contribution in [0.3, 0.4) is 0 Å². The summed E-state index contributed by atoms with van der Waals surface area (Å²) in [6.07, 6.45) is -0.802. The van der Waals surface area contributed by atoms with E-state index in [1.165, 1.54) is 5.56 Å². The van der Waals surface area contributed by atoms with E-state index in [1.807, 2.05) is 66.7 Å². The third kappa shape index (κ3) is 9.02. The minimum atomic E-state index is -0.548. The molecule has 4 atom stereocenters. The number of carbonyl (C=O) groups excluding carboxylic acids is 1. The molecule has 7 nitrogen and oxygen atoms in total. The van der Waals surface area contributed by atoms with Crippen LogP contribution in [0, 0.1) is 5.92 Å². The van der Waals surface area contributed by atoms with Crippen LogP contribution in [0.25, 0.3) is 11.1 Å². The topological polar surface area (TPSA) is 83.1 Å². The first-order valence-corrected chi connectivity index (χ1v) is 16.9. The molecule has 1 saturated heterocycles. The molecule has 7 heteroatoms. The van der Waals surface area contributed by atoms with E-state index < -0.39 is 6.29 Å². The van der Waals surface area contributed by atoms with Gasteiger partial charge in [0.2, 0.25) is 0 Å². The lowest BCUT2D eigenvalue weighted by atomic mass is 9.90. The van der Waals surface area contributed by atoms with E-state index in [9.17, 15) is 9.90 Å². The number of ether oxygens (including phenoxy) is 2. The van der Waals surface area contributed by atoms with Gasteiger partial charge in [0.15, 0.2) is 6.29 Å². The number of benzene rings is 5. The smallest absolute Gasteiger partial charge is 0.315 e. The van der Waals surface area contributed by atoms with Crippen LogP contribution in [0.4, 0.5) is 4.79 Å². The van der Waals surface area contributed by atoms with Crippen LogP contribution in [0.15, 0.2) is 133 Å². The van der Waals surface area contributed by atoms with Gasteiger partial charge in [-0.3, -0.25) is 4.90 Å². The van der Waals surface area contributed by atoms with E-state index in [-0.39, 0.29) is 30.8 Å². The van der Waals surface area contributed by atoms with Gasteiger partial charge in [-0.2, -0.15) is 0 Å². The van der Waals surface area contributed by atoms with E-state index in [4.69, 9.17) is 9.47 Å². The molecule has 252 valence electrons. The van der Waals surface area contributed by atoms with Gasteiger partial charge in [-0.15, -0.1) is 0 Å². The Morgan fingerprint density at radius 3 is 2.00 bits per heavy atom. The summed E-state index contributed by atoms with van der Waals surface area (Å²) in [7, 11) is 2.13. The highest BCUT2D eigenvalue weighted by molar-refractivity contribution is 5.75. The summed E-state index contributed by atoms with van der Waals surface area (Å²) in [5.74, 6) is 0.0954. The number of aliphatic hydroxyl groups excluding tert-OH is 1. The lowest BCUT2D eigenvalue weighted by Gasteiger charge is -2.42. The van der Waals surface area contributed by atoms with Gasteiger partial charge in [0.1, 0.15) is 0 Å². The fraction of sp³-hybridized carbons (Fsp3) is 0.262. The Hall–Kier alpha value is -4.79. The van der Waals surface area contributed by atoms with Crippen molar-refractivity contribution in [2.24, 2.45) is 5.92 Å². The van der Waals surface area contributed by atoms with Gasteiger partial charge in [0.05, 0.1) is 18.8 Å². The zero-order chi connectivity index (χ0) is 34.0. The molecule has 49 heavy (non-hydrogen) atoms. The Kier molecular flexibility index (Phi) is 11.5. The summed E-state index contributed by atoms with van der Waals surface area (Å²) >= 11 is 0. The Balaban J connectivity index is 1.16. The molecule has 6 rings (SSSR count). The molecule has 1 aliphatic rings. The lowest BCUT2D eigenvalue weighted by Crippen LogP contribution is -2.43. The monoisotopic (exact) mass is 655 g/mol. The Morgan fingerprint density at radius 2 is 1.31 bits per heavy atom. The zero-order valence-electron chi connectivity index (χ0n) is 28.2. The maximum Gasteiger partial charge on any atom is 0.315 e. The highest BCUT2D eigenvalue weighted by atomic mass is 16.7. The molecule has 0 radical (unpaired) electrons. The molecule has 0 bridgehead atoms. The first-order valence-electron chi connectivity index (χ1n) is 16.9. The van der Waals surface area contributed by atoms with Crippen molar-refractivity contribution in [2.45, 2.75) is 51.7 Å². The third-order valence-corrected chi connectivity index (χ3v) is 9.16. The molecule has 0 saturated carbocycles. The van der Waals surface area contributed by atoms with Gasteiger partial charge in [-0.05, 0) is 46.0 Å². The van der Waals surface area contributed by atoms with Crippen LogP contribution in [-0.2, 0) is 35.7 Å². The van der Waals surface area contributed by atoms with Crippen molar-refractivity contribution < 1.29 is 19.4 Å². The average molecular weight is 656 g/mol. The molecule has 1 heterocycles. The third-order valence-electron chi connectivity index (χ3n) is 9.16. The number of rotatable bonds is 12. The van der Waals surface area contributed by atoms with E-state index in [0.29, 0.717) is 13.1 Å². The summed E-state index contributed by atoms with van der Waals surface area (Å²) in [6, 6.07) is 44.6. The molecule has 0 aromatic heterocycles. The van der Waals surface area contributed by atoms with Crippen molar-refractivity contribution in [1.29, 1.82) is 0 Å².